The van der Waals surface area contributed by atoms with Gasteiger partial charge in [-0.3, -0.25) is 4.79 Å². The predicted molar refractivity (Wildman–Crippen MR) is 79.4 cm³/mol. The summed E-state index contributed by atoms with van der Waals surface area (Å²) >= 11 is 0. The minimum atomic E-state index is -3.12. The third-order valence-electron chi connectivity index (χ3n) is 5.45. The Morgan fingerprint density at radius 1 is 1.39 bits per heavy atom. The number of carbonyl (C=O) groups is 1. The van der Waals surface area contributed by atoms with Gasteiger partial charge in [-0.25, -0.2) is 8.78 Å². The quantitative estimate of drug-likeness (QED) is 0.732. The number of nitrogens with one attached hydrogen (secondary N) is 2. The van der Waals surface area contributed by atoms with Crippen molar-refractivity contribution >= 4 is 5.91 Å². The average Bonchev–Trinajstić information content (AvgIpc) is 3.14. The highest BCUT2D eigenvalue weighted by Crippen LogP contribution is 2.41. The Balaban J connectivity index is 1.54. The summed E-state index contributed by atoms with van der Waals surface area (Å²) in [7, 11) is 0. The number of hydrogen-bond donors (Lipinski definition) is 3. The van der Waals surface area contributed by atoms with Crippen LogP contribution in [0, 0.1) is 5.92 Å². The second-order valence-electron chi connectivity index (χ2n) is 6.95. The molecule has 7 heteroatoms. The monoisotopic (exact) mass is 325 g/mol. The predicted octanol–water partition coefficient (Wildman–Crippen LogP) is 1.45. The van der Waals surface area contributed by atoms with Crippen molar-refractivity contribution in [2.75, 3.05) is 19.6 Å². The van der Waals surface area contributed by atoms with E-state index in [1.807, 2.05) is 0 Å². The zero-order chi connectivity index (χ0) is 16.2. The summed E-state index contributed by atoms with van der Waals surface area (Å²) in [5, 5.41) is 13.3. The van der Waals surface area contributed by atoms with Gasteiger partial charge in [0.15, 0.2) is 0 Å². The number of nitrogens with zero attached hydrogens (tertiary/aromatic N) is 1. The van der Waals surface area contributed by atoms with Crippen LogP contribution < -0.4 is 5.32 Å². The number of aliphatic hydroxyl groups excluding tert-OH is 1. The lowest BCUT2D eigenvalue weighted by molar-refractivity contribution is -0.121. The molecule has 2 saturated heterocycles. The molecule has 23 heavy (non-hydrogen) atoms. The van der Waals surface area contributed by atoms with Gasteiger partial charge in [0.25, 0.3) is 11.8 Å². The summed E-state index contributed by atoms with van der Waals surface area (Å²) in [5.74, 6) is -2.81. The maximum Gasteiger partial charge on any atom is 0.278 e. The SMILES string of the molecule is O=C(c1cc2c([nH]1)CCC(F)(F)C2O)N1C[C@H]2CCCN[C@H]2C1. The lowest BCUT2D eigenvalue weighted by atomic mass is 9.92. The van der Waals surface area contributed by atoms with Crippen LogP contribution in [0.5, 0.6) is 0 Å². The van der Waals surface area contributed by atoms with Crippen molar-refractivity contribution in [3.63, 3.8) is 0 Å². The number of aromatic nitrogens is 1. The molecular formula is C16H21F2N3O2. The summed E-state index contributed by atoms with van der Waals surface area (Å²) in [4.78, 5) is 17.4. The molecule has 5 nitrogen and oxygen atoms in total. The molecular weight excluding hydrogens is 304 g/mol. The summed E-state index contributed by atoms with van der Waals surface area (Å²) in [6.07, 6.45) is 0.174. The topological polar surface area (TPSA) is 68.4 Å². The Kier molecular flexibility index (Phi) is 3.46. The normalized spacial score (nSPS) is 32.5. The Labute approximate surface area is 133 Å². The molecule has 2 fully saturated rings. The van der Waals surface area contributed by atoms with Gasteiger partial charge < -0.3 is 20.3 Å². The van der Waals surface area contributed by atoms with Gasteiger partial charge in [0, 0.05) is 36.8 Å². The first-order valence-electron chi connectivity index (χ1n) is 8.26. The van der Waals surface area contributed by atoms with E-state index in [9.17, 15) is 18.7 Å². The molecule has 1 aliphatic carbocycles. The number of alkyl halides is 2. The van der Waals surface area contributed by atoms with Gasteiger partial charge in [-0.05, 0) is 37.8 Å². The summed E-state index contributed by atoms with van der Waals surface area (Å²) in [6.45, 7) is 2.35. The minimum Gasteiger partial charge on any atom is -0.382 e. The molecule has 126 valence electrons. The van der Waals surface area contributed by atoms with Crippen molar-refractivity contribution in [2.45, 2.75) is 43.8 Å². The Bertz CT molecular complexity index is 617. The second kappa shape index (κ2) is 5.27. The van der Waals surface area contributed by atoms with Gasteiger partial charge >= 0.3 is 0 Å². The fraction of sp³-hybridized carbons (Fsp3) is 0.688. The number of likely N-dealkylation sites (tertiary alicyclic amines) is 1. The fourth-order valence-electron chi connectivity index (χ4n) is 4.12. The van der Waals surface area contributed by atoms with Crippen molar-refractivity contribution in [1.82, 2.24) is 15.2 Å². The van der Waals surface area contributed by atoms with Gasteiger partial charge in [0.2, 0.25) is 0 Å². The van der Waals surface area contributed by atoms with Crippen molar-refractivity contribution in [2.24, 2.45) is 5.92 Å². The number of halogens is 2. The van der Waals surface area contributed by atoms with Gasteiger partial charge in [-0.15, -0.1) is 0 Å². The second-order valence-corrected chi connectivity index (χ2v) is 6.95. The molecule has 1 aromatic heterocycles. The number of aryl methyl sites for hydroxylation is 1. The van der Waals surface area contributed by atoms with Gasteiger partial charge in [-0.1, -0.05) is 0 Å². The highest BCUT2D eigenvalue weighted by atomic mass is 19.3. The van der Waals surface area contributed by atoms with Crippen LogP contribution >= 0.6 is 0 Å². The standard InChI is InChI=1S/C16H21F2N3O2/c17-16(18)4-3-11-10(14(16)22)6-12(20-11)15(23)21-7-9-2-1-5-19-13(9)8-21/h6,9,13-14,19-20,22H,1-5,7-8H2/t9-,13+,14?/m1/s1. The van der Waals surface area contributed by atoms with Crippen LogP contribution in [0.1, 0.15) is 47.1 Å². The summed E-state index contributed by atoms with van der Waals surface area (Å²) in [6, 6.07) is 1.75. The number of aliphatic hydroxyl groups is 1. The molecule has 3 heterocycles. The molecule has 0 bridgehead atoms. The fourth-order valence-corrected chi connectivity index (χ4v) is 4.12. The molecule has 2 aliphatic heterocycles. The van der Waals surface area contributed by atoms with Crippen LogP contribution in [0.4, 0.5) is 8.78 Å². The number of fused-ring (bicyclic) bond motifs is 2. The van der Waals surface area contributed by atoms with Crippen LogP contribution in [0.2, 0.25) is 0 Å². The number of H-pyrrole nitrogens is 1. The minimum absolute atomic E-state index is 0.152. The van der Waals surface area contributed by atoms with Crippen LogP contribution in [0.25, 0.3) is 0 Å². The maximum atomic E-state index is 13.6. The van der Waals surface area contributed by atoms with Gasteiger partial charge in [0.05, 0.1) is 0 Å². The van der Waals surface area contributed by atoms with E-state index in [1.165, 1.54) is 6.07 Å². The number of aromatic amines is 1. The highest BCUT2D eigenvalue weighted by molar-refractivity contribution is 5.93. The summed E-state index contributed by atoms with van der Waals surface area (Å²) < 4.78 is 27.2. The molecule has 1 aromatic rings. The van der Waals surface area contributed by atoms with Gasteiger partial charge in [0.1, 0.15) is 11.8 Å². The Morgan fingerprint density at radius 2 is 2.22 bits per heavy atom. The van der Waals surface area contributed by atoms with Crippen molar-refractivity contribution in [3.05, 3.63) is 23.0 Å². The number of piperidine rings is 1. The third-order valence-corrected chi connectivity index (χ3v) is 5.45. The van der Waals surface area contributed by atoms with Gasteiger partial charge in [-0.2, -0.15) is 0 Å². The lowest BCUT2D eigenvalue weighted by Crippen LogP contribution is -2.41. The van der Waals surface area contributed by atoms with Crippen LogP contribution in [-0.2, 0) is 6.42 Å². The first kappa shape index (κ1) is 15.1. The third kappa shape index (κ3) is 2.46. The molecule has 0 spiro atoms. The number of amides is 1. The average molecular weight is 325 g/mol. The van der Waals surface area contributed by atoms with E-state index < -0.39 is 18.4 Å². The van der Waals surface area contributed by atoms with Crippen LogP contribution in [0.3, 0.4) is 0 Å². The first-order chi connectivity index (χ1) is 11.0. The number of carbonyl (C=O) groups excluding carboxylic acids is 1. The van der Waals surface area contributed by atoms with E-state index >= 15 is 0 Å². The smallest absolute Gasteiger partial charge is 0.278 e. The molecule has 0 radical (unpaired) electrons. The molecule has 3 atom stereocenters. The molecule has 3 aliphatic rings. The molecule has 1 amide bonds. The van der Waals surface area contributed by atoms with Crippen LogP contribution in [-0.4, -0.2) is 52.5 Å². The highest BCUT2D eigenvalue weighted by Gasteiger charge is 2.45. The zero-order valence-electron chi connectivity index (χ0n) is 12.8. The zero-order valence-corrected chi connectivity index (χ0v) is 12.8. The van der Waals surface area contributed by atoms with E-state index in [4.69, 9.17) is 0 Å². The molecule has 0 saturated carbocycles. The number of rotatable bonds is 1. The van der Waals surface area contributed by atoms with Crippen molar-refractivity contribution in [3.8, 4) is 0 Å². The van der Waals surface area contributed by atoms with Crippen molar-refractivity contribution < 1.29 is 18.7 Å². The van der Waals surface area contributed by atoms with E-state index in [-0.39, 0.29) is 17.9 Å². The van der Waals surface area contributed by atoms with E-state index in [1.54, 1.807) is 4.90 Å². The van der Waals surface area contributed by atoms with E-state index in [0.717, 1.165) is 19.4 Å². The van der Waals surface area contributed by atoms with E-state index in [2.05, 4.69) is 10.3 Å². The van der Waals surface area contributed by atoms with Crippen LogP contribution in [0.15, 0.2) is 6.07 Å². The number of hydrogen-bond acceptors (Lipinski definition) is 3. The van der Waals surface area contributed by atoms with E-state index in [0.29, 0.717) is 36.4 Å². The molecule has 1 unspecified atom stereocenters. The Hall–Kier alpha value is -1.47. The molecule has 3 N–H and O–H groups in total. The van der Waals surface area contributed by atoms with Crippen molar-refractivity contribution in [1.29, 1.82) is 0 Å². The summed E-state index contributed by atoms with van der Waals surface area (Å²) in [5.41, 5.74) is 1.03. The largest absolute Gasteiger partial charge is 0.382 e. The maximum absolute atomic E-state index is 13.6. The Morgan fingerprint density at radius 3 is 3.00 bits per heavy atom. The first-order valence-corrected chi connectivity index (χ1v) is 8.26. The lowest BCUT2D eigenvalue weighted by Gasteiger charge is -2.27. The molecule has 0 aromatic carbocycles. The molecule has 4 rings (SSSR count).